The zero-order valence-electron chi connectivity index (χ0n) is 10.5. The number of aromatic nitrogens is 2. The van der Waals surface area contributed by atoms with Crippen molar-refractivity contribution in [3.63, 3.8) is 0 Å². The van der Waals surface area contributed by atoms with E-state index in [1.807, 2.05) is 31.2 Å². The molecule has 18 heavy (non-hydrogen) atoms. The molecule has 0 radical (unpaired) electrons. The Balaban J connectivity index is 2.05. The molecule has 0 aliphatic rings. The van der Waals surface area contributed by atoms with Gasteiger partial charge < -0.3 is 4.74 Å². The van der Waals surface area contributed by atoms with Gasteiger partial charge in [-0.05, 0) is 18.6 Å². The summed E-state index contributed by atoms with van der Waals surface area (Å²) in [7, 11) is 1.66. The van der Waals surface area contributed by atoms with Gasteiger partial charge in [-0.15, -0.1) is 0 Å². The molecule has 0 amide bonds. The topological polar surface area (TPSA) is 47.4 Å². The summed E-state index contributed by atoms with van der Waals surface area (Å²) in [6, 6.07) is 7.82. The minimum Gasteiger partial charge on any atom is -0.496 e. The second kappa shape index (κ2) is 5.91. The standard InChI is InChI=1S/C14H15N3O/c1-11-7-16-14(17-8-11)10-15-9-12-5-3-4-6-13(12)18-2/h3-8,10H,9H2,1-2H3. The molecule has 1 heterocycles. The van der Waals surface area contributed by atoms with E-state index in [1.165, 1.54) is 0 Å². The van der Waals surface area contributed by atoms with E-state index < -0.39 is 0 Å². The minimum atomic E-state index is 0.557. The van der Waals surface area contributed by atoms with E-state index in [-0.39, 0.29) is 0 Å². The van der Waals surface area contributed by atoms with Gasteiger partial charge in [0.15, 0.2) is 5.82 Å². The Morgan fingerprint density at radius 2 is 1.94 bits per heavy atom. The third-order valence-corrected chi connectivity index (χ3v) is 2.46. The van der Waals surface area contributed by atoms with Gasteiger partial charge in [-0.1, -0.05) is 18.2 Å². The molecule has 4 nitrogen and oxygen atoms in total. The number of aryl methyl sites for hydroxylation is 1. The van der Waals surface area contributed by atoms with E-state index in [9.17, 15) is 0 Å². The largest absolute Gasteiger partial charge is 0.496 e. The van der Waals surface area contributed by atoms with Gasteiger partial charge in [-0.2, -0.15) is 0 Å². The van der Waals surface area contributed by atoms with Crippen LogP contribution in [0, 0.1) is 6.92 Å². The summed E-state index contributed by atoms with van der Waals surface area (Å²) in [5.74, 6) is 1.47. The molecule has 0 aliphatic heterocycles. The molecule has 0 bridgehead atoms. The second-order valence-electron chi connectivity index (χ2n) is 3.90. The molecule has 0 saturated heterocycles. The molecule has 0 aliphatic carbocycles. The number of hydrogen-bond acceptors (Lipinski definition) is 4. The second-order valence-corrected chi connectivity index (χ2v) is 3.90. The van der Waals surface area contributed by atoms with Gasteiger partial charge >= 0.3 is 0 Å². The maximum absolute atomic E-state index is 5.26. The summed E-state index contributed by atoms with van der Waals surface area (Å²) in [5, 5.41) is 0. The Morgan fingerprint density at radius 3 is 2.67 bits per heavy atom. The fraction of sp³-hybridized carbons (Fsp3) is 0.214. The summed E-state index contributed by atoms with van der Waals surface area (Å²) in [6.07, 6.45) is 5.22. The van der Waals surface area contributed by atoms with Crippen LogP contribution in [0.2, 0.25) is 0 Å². The fourth-order valence-corrected chi connectivity index (χ4v) is 1.53. The van der Waals surface area contributed by atoms with Gasteiger partial charge in [-0.3, -0.25) is 4.99 Å². The maximum atomic E-state index is 5.26. The Labute approximate surface area is 106 Å². The predicted octanol–water partition coefficient (Wildman–Crippen LogP) is 2.41. The van der Waals surface area contributed by atoms with Crippen molar-refractivity contribution in [3.05, 3.63) is 53.6 Å². The molecule has 92 valence electrons. The Hall–Kier alpha value is -2.23. The molecule has 0 spiro atoms. The summed E-state index contributed by atoms with van der Waals surface area (Å²) in [6.45, 7) is 2.51. The minimum absolute atomic E-state index is 0.557. The molecule has 1 aromatic heterocycles. The Kier molecular flexibility index (Phi) is 4.02. The van der Waals surface area contributed by atoms with Gasteiger partial charge in [0.1, 0.15) is 5.75 Å². The molecule has 0 atom stereocenters. The molecule has 2 aromatic rings. The molecule has 0 fully saturated rings. The normalized spacial score (nSPS) is 10.8. The first-order chi connectivity index (χ1) is 8.79. The highest BCUT2D eigenvalue weighted by atomic mass is 16.5. The summed E-state index contributed by atoms with van der Waals surface area (Å²) in [5.41, 5.74) is 2.08. The summed E-state index contributed by atoms with van der Waals surface area (Å²) < 4.78 is 5.26. The van der Waals surface area contributed by atoms with E-state index in [0.29, 0.717) is 12.4 Å². The summed E-state index contributed by atoms with van der Waals surface area (Å²) >= 11 is 0. The maximum Gasteiger partial charge on any atom is 0.170 e. The quantitative estimate of drug-likeness (QED) is 0.772. The zero-order chi connectivity index (χ0) is 12.8. The number of benzene rings is 1. The highest BCUT2D eigenvalue weighted by molar-refractivity contribution is 5.74. The Bertz CT molecular complexity index is 535. The van der Waals surface area contributed by atoms with Crippen molar-refractivity contribution >= 4 is 6.21 Å². The van der Waals surface area contributed by atoms with Crippen LogP contribution in [0.3, 0.4) is 0 Å². The van der Waals surface area contributed by atoms with Crippen LogP contribution in [0.15, 0.2) is 41.7 Å². The molecular weight excluding hydrogens is 226 g/mol. The fourth-order valence-electron chi connectivity index (χ4n) is 1.53. The third kappa shape index (κ3) is 3.13. The van der Waals surface area contributed by atoms with Gasteiger partial charge in [0, 0.05) is 18.0 Å². The SMILES string of the molecule is COc1ccccc1CN=Cc1ncc(C)cn1. The van der Waals surface area contributed by atoms with Crippen LogP contribution < -0.4 is 4.74 Å². The molecular formula is C14H15N3O. The monoisotopic (exact) mass is 241 g/mol. The van der Waals surface area contributed by atoms with Crippen molar-refractivity contribution in [2.45, 2.75) is 13.5 Å². The first kappa shape index (κ1) is 12.2. The van der Waals surface area contributed by atoms with Gasteiger partial charge in [0.05, 0.1) is 19.9 Å². The molecule has 0 saturated carbocycles. The highest BCUT2D eigenvalue weighted by Crippen LogP contribution is 2.17. The van der Waals surface area contributed by atoms with Crippen LogP contribution in [0.5, 0.6) is 5.75 Å². The first-order valence-electron chi connectivity index (χ1n) is 5.70. The highest BCUT2D eigenvalue weighted by Gasteiger charge is 1.99. The van der Waals surface area contributed by atoms with E-state index in [1.54, 1.807) is 25.7 Å². The number of aliphatic imine (C=N–C) groups is 1. The molecule has 0 N–H and O–H groups in total. The third-order valence-electron chi connectivity index (χ3n) is 2.46. The smallest absolute Gasteiger partial charge is 0.170 e. The van der Waals surface area contributed by atoms with Crippen molar-refractivity contribution in [3.8, 4) is 5.75 Å². The van der Waals surface area contributed by atoms with Crippen LogP contribution in [-0.2, 0) is 6.54 Å². The van der Waals surface area contributed by atoms with Crippen LogP contribution in [0.4, 0.5) is 0 Å². The average molecular weight is 241 g/mol. The lowest BCUT2D eigenvalue weighted by Crippen LogP contribution is -1.94. The first-order valence-corrected chi connectivity index (χ1v) is 5.70. The molecule has 0 unspecified atom stereocenters. The number of para-hydroxylation sites is 1. The van der Waals surface area contributed by atoms with E-state index in [4.69, 9.17) is 4.74 Å². The molecule has 4 heteroatoms. The van der Waals surface area contributed by atoms with Gasteiger partial charge in [0.25, 0.3) is 0 Å². The number of hydrogen-bond donors (Lipinski definition) is 0. The Morgan fingerprint density at radius 1 is 1.22 bits per heavy atom. The number of nitrogens with zero attached hydrogens (tertiary/aromatic N) is 3. The average Bonchev–Trinajstić information content (AvgIpc) is 2.41. The van der Waals surface area contributed by atoms with Crippen molar-refractivity contribution < 1.29 is 4.74 Å². The van der Waals surface area contributed by atoms with Gasteiger partial charge in [-0.25, -0.2) is 9.97 Å². The van der Waals surface area contributed by atoms with Crippen molar-refractivity contribution in [2.75, 3.05) is 7.11 Å². The van der Waals surface area contributed by atoms with Crippen molar-refractivity contribution in [2.24, 2.45) is 4.99 Å². The van der Waals surface area contributed by atoms with Crippen LogP contribution in [-0.4, -0.2) is 23.3 Å². The van der Waals surface area contributed by atoms with Crippen molar-refractivity contribution in [1.29, 1.82) is 0 Å². The van der Waals surface area contributed by atoms with Crippen LogP contribution >= 0.6 is 0 Å². The van der Waals surface area contributed by atoms with E-state index in [2.05, 4.69) is 15.0 Å². The lowest BCUT2D eigenvalue weighted by Gasteiger charge is -2.04. The predicted molar refractivity (Wildman–Crippen MR) is 71.1 cm³/mol. The summed E-state index contributed by atoms with van der Waals surface area (Å²) in [4.78, 5) is 12.6. The van der Waals surface area contributed by atoms with Crippen molar-refractivity contribution in [1.82, 2.24) is 9.97 Å². The van der Waals surface area contributed by atoms with Crippen LogP contribution in [0.1, 0.15) is 17.0 Å². The number of methoxy groups -OCH3 is 1. The molecule has 1 aromatic carbocycles. The van der Waals surface area contributed by atoms with Crippen LogP contribution in [0.25, 0.3) is 0 Å². The lowest BCUT2D eigenvalue weighted by molar-refractivity contribution is 0.410. The molecule has 2 rings (SSSR count). The zero-order valence-corrected chi connectivity index (χ0v) is 10.5. The number of ether oxygens (including phenoxy) is 1. The van der Waals surface area contributed by atoms with Gasteiger partial charge in [0.2, 0.25) is 0 Å². The lowest BCUT2D eigenvalue weighted by atomic mass is 10.2. The van der Waals surface area contributed by atoms with E-state index in [0.717, 1.165) is 16.9 Å². The number of rotatable bonds is 4. The van der Waals surface area contributed by atoms with E-state index >= 15 is 0 Å².